The Morgan fingerprint density at radius 3 is 2.47 bits per heavy atom. The highest BCUT2D eigenvalue weighted by molar-refractivity contribution is 5.95. The third-order valence-corrected chi connectivity index (χ3v) is 6.91. The van der Waals surface area contributed by atoms with Crippen LogP contribution in [0.15, 0.2) is 96.4 Å². The van der Waals surface area contributed by atoms with Crippen LogP contribution in [0.3, 0.4) is 0 Å². The fourth-order valence-electron chi connectivity index (χ4n) is 4.59. The molecule has 0 aliphatic carbocycles. The smallest absolute Gasteiger partial charge is 0.303 e. The van der Waals surface area contributed by atoms with Crippen molar-refractivity contribution in [1.29, 1.82) is 0 Å². The Kier molecular flexibility index (Phi) is 9.58. The normalized spacial score (nSPS) is 15.7. The van der Waals surface area contributed by atoms with Gasteiger partial charge in [0.2, 0.25) is 5.90 Å². The largest absolute Gasteiger partial charge is 0.494 e. The van der Waals surface area contributed by atoms with Gasteiger partial charge >= 0.3 is 5.97 Å². The molecule has 10 heteroatoms. The van der Waals surface area contributed by atoms with Gasteiger partial charge in [-0.1, -0.05) is 24.3 Å². The highest BCUT2D eigenvalue weighted by Gasteiger charge is 2.28. The molecule has 0 saturated carbocycles. The topological polar surface area (TPSA) is 132 Å². The molecule has 0 spiro atoms. The number of para-hydroxylation sites is 1. The number of carbonyl (C=O) groups is 2. The van der Waals surface area contributed by atoms with E-state index >= 15 is 0 Å². The molecular weight excluding hydrogens is 548 g/mol. The van der Waals surface area contributed by atoms with E-state index in [9.17, 15) is 9.59 Å². The average Bonchev–Trinajstić information content (AvgIpc) is 3.40. The standard InChI is InChI=1S/C33H32N4O6/c1-22-29(37-33(42-22)24-8-11-27(12-9-24)43-26-5-3-2-4-6-26)15-18-41-28-13-7-23(10-14-31(38)39)25(19-28)20-36-32(40)30-21-34-16-17-35-30/h2-9,11-13,16-17,19,21-22,29H,10,14-15,18,20H2,1H3,(H,36,40)(H,38,39). The zero-order chi connectivity index (χ0) is 30.0. The number of carboxylic acid groups (broad SMARTS) is 1. The molecular formula is C33H32N4O6. The molecule has 0 saturated heterocycles. The van der Waals surface area contributed by atoms with Gasteiger partial charge in [-0.3, -0.25) is 14.6 Å². The van der Waals surface area contributed by atoms with Crippen molar-refractivity contribution < 1.29 is 28.9 Å². The van der Waals surface area contributed by atoms with E-state index in [0.29, 0.717) is 31.1 Å². The SMILES string of the molecule is CC1OC(c2ccc(Oc3ccccc3)cc2)=NC1CCOc1ccc(CCC(=O)O)c(CNC(=O)c2cnccn2)c1. The summed E-state index contributed by atoms with van der Waals surface area (Å²) in [6.07, 6.45) is 5.17. The molecule has 0 radical (unpaired) electrons. The first kappa shape index (κ1) is 29.2. The summed E-state index contributed by atoms with van der Waals surface area (Å²) in [5.74, 6) is 1.45. The van der Waals surface area contributed by atoms with Gasteiger partial charge in [0.15, 0.2) is 0 Å². The highest BCUT2D eigenvalue weighted by Crippen LogP contribution is 2.25. The van der Waals surface area contributed by atoms with E-state index in [1.165, 1.54) is 18.6 Å². The number of benzene rings is 3. The van der Waals surface area contributed by atoms with Gasteiger partial charge in [-0.15, -0.1) is 0 Å². The molecule has 2 atom stereocenters. The zero-order valence-corrected chi connectivity index (χ0v) is 23.7. The van der Waals surface area contributed by atoms with E-state index in [4.69, 9.17) is 24.3 Å². The second-order valence-corrected chi connectivity index (χ2v) is 10.00. The van der Waals surface area contributed by atoms with E-state index in [1.54, 1.807) is 0 Å². The van der Waals surface area contributed by atoms with Crippen LogP contribution >= 0.6 is 0 Å². The lowest BCUT2D eigenvalue weighted by molar-refractivity contribution is -0.136. The van der Waals surface area contributed by atoms with Gasteiger partial charge in [-0.2, -0.15) is 0 Å². The van der Waals surface area contributed by atoms with Crippen LogP contribution in [0.5, 0.6) is 17.2 Å². The van der Waals surface area contributed by atoms with E-state index in [0.717, 1.165) is 28.2 Å². The maximum Gasteiger partial charge on any atom is 0.303 e. The number of nitrogens with one attached hydrogen (secondary N) is 1. The van der Waals surface area contributed by atoms with Crippen LogP contribution in [-0.2, 0) is 22.5 Å². The quantitative estimate of drug-likeness (QED) is 0.220. The maximum absolute atomic E-state index is 12.5. The van der Waals surface area contributed by atoms with E-state index < -0.39 is 5.97 Å². The molecule has 5 rings (SSSR count). The minimum Gasteiger partial charge on any atom is -0.494 e. The van der Waals surface area contributed by atoms with Crippen LogP contribution in [0.25, 0.3) is 0 Å². The summed E-state index contributed by atoms with van der Waals surface area (Å²) in [7, 11) is 0. The number of rotatable bonds is 13. The number of aliphatic carboxylic acids is 1. The van der Waals surface area contributed by atoms with Crippen molar-refractivity contribution in [3.8, 4) is 17.2 Å². The Hall–Kier alpha value is -5.25. The average molecular weight is 581 g/mol. The summed E-state index contributed by atoms with van der Waals surface area (Å²) < 4.78 is 18.0. The summed E-state index contributed by atoms with van der Waals surface area (Å²) in [4.78, 5) is 36.4. The first-order chi connectivity index (χ1) is 20.9. The summed E-state index contributed by atoms with van der Waals surface area (Å²) in [5.41, 5.74) is 2.67. The van der Waals surface area contributed by atoms with Gasteiger partial charge in [0, 0.05) is 37.3 Å². The third-order valence-electron chi connectivity index (χ3n) is 6.91. The highest BCUT2D eigenvalue weighted by atomic mass is 16.5. The first-order valence-electron chi connectivity index (χ1n) is 14.0. The number of hydrogen-bond donors (Lipinski definition) is 2. The molecule has 1 aliphatic heterocycles. The number of nitrogens with zero attached hydrogens (tertiary/aromatic N) is 3. The van der Waals surface area contributed by atoms with Crippen LogP contribution in [0, 0.1) is 0 Å². The summed E-state index contributed by atoms with van der Waals surface area (Å²) >= 11 is 0. The van der Waals surface area contributed by atoms with Crippen molar-refractivity contribution in [1.82, 2.24) is 15.3 Å². The van der Waals surface area contributed by atoms with E-state index in [1.807, 2.05) is 79.7 Å². The van der Waals surface area contributed by atoms with E-state index in [-0.39, 0.29) is 36.7 Å². The Morgan fingerprint density at radius 1 is 0.953 bits per heavy atom. The van der Waals surface area contributed by atoms with Crippen LogP contribution in [0.4, 0.5) is 0 Å². The predicted octanol–water partition coefficient (Wildman–Crippen LogP) is 5.22. The molecule has 220 valence electrons. The van der Waals surface area contributed by atoms with E-state index in [2.05, 4.69) is 15.3 Å². The molecule has 1 aromatic heterocycles. The van der Waals surface area contributed by atoms with Gasteiger partial charge in [0.05, 0.1) is 18.8 Å². The van der Waals surface area contributed by atoms with Crippen LogP contribution in [-0.4, -0.2) is 51.6 Å². The number of hydrogen-bond acceptors (Lipinski definition) is 8. The van der Waals surface area contributed by atoms with Crippen molar-refractivity contribution in [2.45, 2.75) is 44.9 Å². The summed E-state index contributed by atoms with van der Waals surface area (Å²) in [6, 6.07) is 22.7. The second kappa shape index (κ2) is 14.1. The number of carbonyl (C=O) groups excluding carboxylic acids is 1. The molecule has 1 amide bonds. The van der Waals surface area contributed by atoms with Crippen molar-refractivity contribution in [2.75, 3.05) is 6.61 Å². The molecule has 4 aromatic rings. The predicted molar refractivity (Wildman–Crippen MR) is 160 cm³/mol. The van der Waals surface area contributed by atoms with Gasteiger partial charge in [-0.25, -0.2) is 9.98 Å². The number of carboxylic acids is 1. The minimum atomic E-state index is -0.890. The van der Waals surface area contributed by atoms with Crippen LogP contribution < -0.4 is 14.8 Å². The fraction of sp³-hybridized carbons (Fsp3) is 0.242. The minimum absolute atomic E-state index is 0.0198. The molecule has 43 heavy (non-hydrogen) atoms. The Morgan fingerprint density at radius 2 is 1.72 bits per heavy atom. The Bertz CT molecular complexity index is 1560. The fourth-order valence-corrected chi connectivity index (χ4v) is 4.59. The molecule has 0 fully saturated rings. The molecule has 0 bridgehead atoms. The molecule has 2 N–H and O–H groups in total. The molecule has 3 aromatic carbocycles. The van der Waals surface area contributed by atoms with Gasteiger partial charge in [-0.05, 0) is 73.0 Å². The number of aryl methyl sites for hydroxylation is 1. The van der Waals surface area contributed by atoms with Crippen molar-refractivity contribution >= 4 is 17.8 Å². The first-order valence-corrected chi connectivity index (χ1v) is 14.0. The number of aliphatic imine (C=N–C) groups is 1. The second-order valence-electron chi connectivity index (χ2n) is 10.00. The molecule has 1 aliphatic rings. The third kappa shape index (κ3) is 8.16. The zero-order valence-electron chi connectivity index (χ0n) is 23.7. The lowest BCUT2D eigenvalue weighted by Gasteiger charge is -2.15. The summed E-state index contributed by atoms with van der Waals surface area (Å²) in [5, 5.41) is 12.0. The van der Waals surface area contributed by atoms with Gasteiger partial charge in [0.1, 0.15) is 29.0 Å². The summed E-state index contributed by atoms with van der Waals surface area (Å²) in [6.45, 7) is 2.58. The van der Waals surface area contributed by atoms with Gasteiger partial charge < -0.3 is 24.6 Å². The van der Waals surface area contributed by atoms with Crippen molar-refractivity contribution in [3.63, 3.8) is 0 Å². The molecule has 2 heterocycles. The van der Waals surface area contributed by atoms with Crippen molar-refractivity contribution in [3.05, 3.63) is 114 Å². The monoisotopic (exact) mass is 580 g/mol. The van der Waals surface area contributed by atoms with Gasteiger partial charge in [0.25, 0.3) is 5.91 Å². The molecule has 2 unspecified atom stereocenters. The lowest BCUT2D eigenvalue weighted by Crippen LogP contribution is -2.24. The maximum atomic E-state index is 12.5. The lowest BCUT2D eigenvalue weighted by atomic mass is 10.0. The number of aromatic nitrogens is 2. The van der Waals surface area contributed by atoms with Crippen LogP contribution in [0.1, 0.15) is 46.9 Å². The molecule has 10 nitrogen and oxygen atoms in total. The number of amides is 1. The Balaban J connectivity index is 1.18. The Labute approximate surface area is 249 Å². The number of ether oxygens (including phenoxy) is 3. The van der Waals surface area contributed by atoms with Crippen molar-refractivity contribution in [2.24, 2.45) is 4.99 Å². The van der Waals surface area contributed by atoms with Crippen LogP contribution in [0.2, 0.25) is 0 Å².